The van der Waals surface area contributed by atoms with Gasteiger partial charge in [-0.1, -0.05) is 19.4 Å². The van der Waals surface area contributed by atoms with E-state index in [4.69, 9.17) is 4.74 Å². The number of thiazole rings is 1. The zero-order chi connectivity index (χ0) is 14.5. The fraction of sp³-hybridized carbons (Fsp3) is 0.533. The van der Waals surface area contributed by atoms with Gasteiger partial charge in [0.05, 0.1) is 18.0 Å². The normalized spacial score (nSPS) is 12.8. The van der Waals surface area contributed by atoms with Crippen molar-refractivity contribution in [3.05, 3.63) is 28.5 Å². The van der Waals surface area contributed by atoms with Crippen LogP contribution in [0.25, 0.3) is 11.0 Å². The quantitative estimate of drug-likeness (QED) is 0.798. The lowest BCUT2D eigenvalue weighted by molar-refractivity contribution is 0.200. The Morgan fingerprint density at radius 3 is 3.05 bits per heavy atom. The molecule has 4 nitrogen and oxygen atoms in total. The van der Waals surface area contributed by atoms with E-state index >= 15 is 0 Å². The zero-order valence-electron chi connectivity index (χ0n) is 12.6. The van der Waals surface area contributed by atoms with Crippen LogP contribution in [0.5, 0.6) is 0 Å². The van der Waals surface area contributed by atoms with E-state index in [9.17, 15) is 0 Å². The maximum absolute atomic E-state index is 5.06. The van der Waals surface area contributed by atoms with Gasteiger partial charge in [-0.2, -0.15) is 0 Å². The van der Waals surface area contributed by atoms with Crippen molar-refractivity contribution in [1.29, 1.82) is 0 Å². The van der Waals surface area contributed by atoms with Crippen molar-refractivity contribution >= 4 is 22.4 Å². The highest BCUT2D eigenvalue weighted by Gasteiger charge is 2.10. The van der Waals surface area contributed by atoms with Crippen LogP contribution in [0.3, 0.4) is 0 Å². The molecule has 0 radical (unpaired) electrons. The van der Waals surface area contributed by atoms with E-state index in [1.54, 1.807) is 18.4 Å². The minimum absolute atomic E-state index is 0.508. The molecule has 0 aliphatic rings. The van der Waals surface area contributed by atoms with Crippen LogP contribution in [0, 0.1) is 12.8 Å². The van der Waals surface area contributed by atoms with Gasteiger partial charge in [-0.15, -0.1) is 11.3 Å². The van der Waals surface area contributed by atoms with Crippen molar-refractivity contribution in [3.8, 4) is 0 Å². The summed E-state index contributed by atoms with van der Waals surface area (Å²) in [6.45, 7) is 9.03. The van der Waals surface area contributed by atoms with Crippen LogP contribution in [-0.2, 0) is 4.74 Å². The second kappa shape index (κ2) is 7.02. The van der Waals surface area contributed by atoms with E-state index in [0.29, 0.717) is 5.92 Å². The van der Waals surface area contributed by atoms with Crippen molar-refractivity contribution in [2.45, 2.75) is 20.8 Å². The molecule has 2 rings (SSSR count). The molecule has 0 aliphatic carbocycles. The lowest BCUT2D eigenvalue weighted by Crippen LogP contribution is -2.23. The van der Waals surface area contributed by atoms with Crippen molar-refractivity contribution in [1.82, 2.24) is 14.7 Å². The Morgan fingerprint density at radius 1 is 1.55 bits per heavy atom. The number of ether oxygens (including phenoxy) is 1. The van der Waals surface area contributed by atoms with E-state index in [-0.39, 0.29) is 0 Å². The van der Waals surface area contributed by atoms with E-state index in [1.165, 1.54) is 11.3 Å². The molecule has 2 heterocycles. The number of nitrogens with one attached hydrogen (secondary N) is 1. The van der Waals surface area contributed by atoms with Gasteiger partial charge >= 0.3 is 0 Å². The first-order valence-corrected chi connectivity index (χ1v) is 7.83. The smallest absolute Gasteiger partial charge is 0.194 e. The minimum Gasteiger partial charge on any atom is -0.383 e. The molecule has 1 N–H and O–H groups in total. The van der Waals surface area contributed by atoms with Crippen LogP contribution >= 0.6 is 11.3 Å². The van der Waals surface area contributed by atoms with Crippen molar-refractivity contribution < 1.29 is 4.74 Å². The van der Waals surface area contributed by atoms with E-state index in [2.05, 4.69) is 53.1 Å². The summed E-state index contributed by atoms with van der Waals surface area (Å²) in [6.07, 6.45) is 4.36. The topological polar surface area (TPSA) is 38.6 Å². The number of hydrogen-bond donors (Lipinski definition) is 1. The SMILES string of the molecule is COCCNCC(=Cc1c(C)nc2sccn12)C(C)C. The first kappa shape index (κ1) is 15.2. The van der Waals surface area contributed by atoms with E-state index < -0.39 is 0 Å². The Hall–Kier alpha value is -1.17. The molecular weight excluding hydrogens is 270 g/mol. The van der Waals surface area contributed by atoms with Gasteiger partial charge < -0.3 is 10.1 Å². The second-order valence-corrected chi connectivity index (χ2v) is 6.05. The number of nitrogens with zero attached hydrogens (tertiary/aromatic N) is 2. The molecular formula is C15H23N3OS. The number of aryl methyl sites for hydroxylation is 1. The molecule has 0 saturated heterocycles. The summed E-state index contributed by atoms with van der Waals surface area (Å²) in [6, 6.07) is 0. The first-order chi connectivity index (χ1) is 9.63. The van der Waals surface area contributed by atoms with Gasteiger partial charge in [-0.25, -0.2) is 4.98 Å². The van der Waals surface area contributed by atoms with E-state index in [0.717, 1.165) is 30.4 Å². The molecule has 0 spiro atoms. The minimum atomic E-state index is 0.508. The number of imidazole rings is 1. The number of fused-ring (bicyclic) bond motifs is 1. The molecule has 2 aromatic heterocycles. The standard InChI is InChI=1S/C15H23N3OS/c1-11(2)13(10-16-5-7-19-4)9-14-12(3)17-15-18(14)6-8-20-15/h6,8-9,11,16H,5,7,10H2,1-4H3. The predicted octanol–water partition coefficient (Wildman–Crippen LogP) is 2.98. The number of rotatable bonds is 7. The lowest BCUT2D eigenvalue weighted by Gasteiger charge is -2.13. The van der Waals surface area contributed by atoms with Crippen LogP contribution in [0.4, 0.5) is 0 Å². The summed E-state index contributed by atoms with van der Waals surface area (Å²) in [5.74, 6) is 0.508. The summed E-state index contributed by atoms with van der Waals surface area (Å²) >= 11 is 1.67. The Bertz CT molecular complexity index is 583. The van der Waals surface area contributed by atoms with Gasteiger partial charge in [-0.3, -0.25) is 4.40 Å². The number of methoxy groups -OCH3 is 1. The van der Waals surface area contributed by atoms with Gasteiger partial charge in [0.15, 0.2) is 4.96 Å². The molecule has 5 heteroatoms. The molecule has 0 unspecified atom stereocenters. The maximum atomic E-state index is 5.06. The molecule has 0 bridgehead atoms. The highest BCUT2D eigenvalue weighted by atomic mass is 32.1. The first-order valence-electron chi connectivity index (χ1n) is 6.95. The largest absolute Gasteiger partial charge is 0.383 e. The average Bonchev–Trinajstić information content (AvgIpc) is 2.95. The van der Waals surface area contributed by atoms with Crippen LogP contribution in [-0.4, -0.2) is 36.2 Å². The van der Waals surface area contributed by atoms with Gasteiger partial charge in [0.1, 0.15) is 0 Å². The van der Waals surface area contributed by atoms with Crippen LogP contribution in [0.2, 0.25) is 0 Å². The van der Waals surface area contributed by atoms with Crippen LogP contribution in [0.15, 0.2) is 17.2 Å². The van der Waals surface area contributed by atoms with Crippen LogP contribution < -0.4 is 5.32 Å². The molecule has 0 aliphatic heterocycles. The molecule has 110 valence electrons. The monoisotopic (exact) mass is 293 g/mol. The molecule has 20 heavy (non-hydrogen) atoms. The molecule has 0 amide bonds. The van der Waals surface area contributed by atoms with Gasteiger partial charge in [0.2, 0.25) is 0 Å². The Morgan fingerprint density at radius 2 is 2.35 bits per heavy atom. The summed E-state index contributed by atoms with van der Waals surface area (Å²) in [5, 5.41) is 5.50. The molecule has 0 aromatic carbocycles. The highest BCUT2D eigenvalue weighted by molar-refractivity contribution is 7.15. The van der Waals surface area contributed by atoms with Gasteiger partial charge in [0.25, 0.3) is 0 Å². The lowest BCUT2D eigenvalue weighted by atomic mass is 10.0. The van der Waals surface area contributed by atoms with E-state index in [1.807, 2.05) is 0 Å². The van der Waals surface area contributed by atoms with Crippen molar-refractivity contribution in [3.63, 3.8) is 0 Å². The molecule has 2 aromatic rings. The van der Waals surface area contributed by atoms with Gasteiger partial charge in [0, 0.05) is 31.8 Å². The zero-order valence-corrected chi connectivity index (χ0v) is 13.5. The maximum Gasteiger partial charge on any atom is 0.194 e. The number of aromatic nitrogens is 2. The Kier molecular flexibility index (Phi) is 5.34. The summed E-state index contributed by atoms with van der Waals surface area (Å²) in [5.41, 5.74) is 3.67. The summed E-state index contributed by atoms with van der Waals surface area (Å²) in [4.78, 5) is 5.65. The Balaban J connectivity index is 2.19. The van der Waals surface area contributed by atoms with Crippen molar-refractivity contribution in [2.75, 3.05) is 26.8 Å². The fourth-order valence-corrected chi connectivity index (χ4v) is 2.86. The fourth-order valence-electron chi connectivity index (χ4n) is 2.09. The Labute approximate surface area is 124 Å². The third-order valence-corrected chi connectivity index (χ3v) is 4.12. The third-order valence-electron chi connectivity index (χ3n) is 3.36. The van der Waals surface area contributed by atoms with Gasteiger partial charge in [-0.05, 0) is 18.9 Å². The highest BCUT2D eigenvalue weighted by Crippen LogP contribution is 2.21. The number of hydrogen-bond acceptors (Lipinski definition) is 4. The summed E-state index contributed by atoms with van der Waals surface area (Å²) < 4.78 is 7.23. The summed E-state index contributed by atoms with van der Waals surface area (Å²) in [7, 11) is 1.73. The second-order valence-electron chi connectivity index (χ2n) is 5.18. The average molecular weight is 293 g/mol. The molecule has 0 fully saturated rings. The van der Waals surface area contributed by atoms with Crippen molar-refractivity contribution in [2.24, 2.45) is 5.92 Å². The molecule has 0 atom stereocenters. The van der Waals surface area contributed by atoms with Crippen LogP contribution in [0.1, 0.15) is 25.2 Å². The predicted molar refractivity (Wildman–Crippen MR) is 85.4 cm³/mol. The third kappa shape index (κ3) is 3.48. The molecule has 0 saturated carbocycles.